The van der Waals surface area contributed by atoms with Crippen LogP contribution in [-0.4, -0.2) is 30.8 Å². The van der Waals surface area contributed by atoms with Gasteiger partial charge < -0.3 is 15.3 Å². The highest BCUT2D eigenvalue weighted by molar-refractivity contribution is 6.32. The molecule has 3 N–H and O–H groups in total. The molecule has 0 radical (unpaired) electrons. The third-order valence-electron chi connectivity index (χ3n) is 4.30. The Labute approximate surface area is 168 Å². The molecule has 28 heavy (non-hydrogen) atoms. The quantitative estimate of drug-likeness (QED) is 0.432. The average Bonchev–Trinajstić information content (AvgIpc) is 3.02. The number of imidazole rings is 1. The van der Waals surface area contributed by atoms with Gasteiger partial charge in [-0.25, -0.2) is 9.78 Å². The number of fused-ring (bicyclic) bond motifs is 1. The summed E-state index contributed by atoms with van der Waals surface area (Å²) in [4.78, 5) is 15.7. The van der Waals surface area contributed by atoms with E-state index in [9.17, 15) is 15.0 Å². The Morgan fingerprint density at radius 2 is 1.64 bits per heavy atom. The molecular formula is C20H12Cl2N2O4. The number of carboxylic acids is 1. The van der Waals surface area contributed by atoms with Crippen molar-refractivity contribution >= 4 is 40.2 Å². The fourth-order valence-corrected chi connectivity index (χ4v) is 3.31. The minimum absolute atomic E-state index is 0.0608. The predicted octanol–water partition coefficient (Wildman–Crippen LogP) is 5.11. The number of aromatic hydroxyl groups is 2. The fraction of sp³-hybridized carbons (Fsp3) is 0. The molecule has 0 amide bonds. The predicted molar refractivity (Wildman–Crippen MR) is 107 cm³/mol. The molecule has 1 heterocycles. The smallest absolute Gasteiger partial charge is 0.335 e. The average molecular weight is 415 g/mol. The molecule has 0 saturated carbocycles. The Kier molecular flexibility index (Phi) is 4.37. The molecule has 0 saturated heterocycles. The van der Waals surface area contributed by atoms with Crippen LogP contribution in [0.1, 0.15) is 10.4 Å². The molecule has 8 heteroatoms. The highest BCUT2D eigenvalue weighted by Gasteiger charge is 2.19. The Morgan fingerprint density at radius 3 is 2.32 bits per heavy atom. The molecular weight excluding hydrogens is 403 g/mol. The Hall–Kier alpha value is -3.22. The summed E-state index contributed by atoms with van der Waals surface area (Å²) in [6.45, 7) is 0. The number of rotatable bonds is 3. The second-order valence-electron chi connectivity index (χ2n) is 6.08. The third-order valence-corrected chi connectivity index (χ3v) is 4.83. The van der Waals surface area contributed by atoms with Gasteiger partial charge in [0.15, 0.2) is 0 Å². The van der Waals surface area contributed by atoms with Crippen molar-refractivity contribution in [1.29, 1.82) is 0 Å². The van der Waals surface area contributed by atoms with Crippen LogP contribution >= 0.6 is 23.2 Å². The van der Waals surface area contributed by atoms with Crippen LogP contribution in [0.15, 0.2) is 54.6 Å². The van der Waals surface area contributed by atoms with E-state index >= 15 is 0 Å². The molecule has 3 aromatic carbocycles. The van der Waals surface area contributed by atoms with Crippen molar-refractivity contribution in [3.63, 3.8) is 0 Å². The van der Waals surface area contributed by atoms with Crippen LogP contribution in [-0.2, 0) is 0 Å². The summed E-state index contributed by atoms with van der Waals surface area (Å²) in [6, 6.07) is 14.0. The highest BCUT2D eigenvalue weighted by atomic mass is 35.5. The summed E-state index contributed by atoms with van der Waals surface area (Å²) in [7, 11) is 0. The number of aromatic nitrogens is 2. The lowest BCUT2D eigenvalue weighted by molar-refractivity contribution is 0.0697. The van der Waals surface area contributed by atoms with E-state index in [0.717, 1.165) is 6.07 Å². The maximum absolute atomic E-state index is 11.1. The highest BCUT2D eigenvalue weighted by Crippen LogP contribution is 2.39. The van der Waals surface area contributed by atoms with Gasteiger partial charge in [-0.15, -0.1) is 0 Å². The minimum atomic E-state index is -1.03. The first-order chi connectivity index (χ1) is 13.3. The topological polar surface area (TPSA) is 95.6 Å². The standard InChI is InChI=1S/C20H12Cl2N2O4/c21-11-3-6-16-15(7-11)23-19(13-8-14(22)18(26)9-17(13)25)24(16)12-4-1-10(2-5-12)20(27)28/h1-9,25-26H,(H,27,28). The van der Waals surface area contributed by atoms with Gasteiger partial charge in [0, 0.05) is 16.8 Å². The first-order valence-corrected chi connectivity index (χ1v) is 8.84. The van der Waals surface area contributed by atoms with E-state index in [-0.39, 0.29) is 22.1 Å². The molecule has 0 aliphatic heterocycles. The zero-order valence-corrected chi connectivity index (χ0v) is 15.6. The van der Waals surface area contributed by atoms with Crippen molar-refractivity contribution in [3.05, 3.63) is 70.2 Å². The van der Waals surface area contributed by atoms with Gasteiger partial charge in [0.25, 0.3) is 0 Å². The first kappa shape index (κ1) is 18.2. The maximum Gasteiger partial charge on any atom is 0.335 e. The van der Waals surface area contributed by atoms with E-state index in [2.05, 4.69) is 4.98 Å². The van der Waals surface area contributed by atoms with E-state index < -0.39 is 5.97 Å². The Balaban J connectivity index is 2.03. The van der Waals surface area contributed by atoms with Crippen LogP contribution in [0.4, 0.5) is 0 Å². The number of carboxylic acid groups (broad SMARTS) is 1. The monoisotopic (exact) mass is 414 g/mol. The number of carbonyl (C=O) groups is 1. The van der Waals surface area contributed by atoms with Crippen molar-refractivity contribution in [3.8, 4) is 28.6 Å². The zero-order valence-electron chi connectivity index (χ0n) is 14.1. The van der Waals surface area contributed by atoms with Crippen LogP contribution in [0, 0.1) is 0 Å². The minimum Gasteiger partial charge on any atom is -0.507 e. The van der Waals surface area contributed by atoms with Crippen molar-refractivity contribution in [1.82, 2.24) is 9.55 Å². The van der Waals surface area contributed by atoms with Crippen molar-refractivity contribution in [2.24, 2.45) is 0 Å². The van der Waals surface area contributed by atoms with Crippen LogP contribution in [0.5, 0.6) is 11.5 Å². The largest absolute Gasteiger partial charge is 0.507 e. The van der Waals surface area contributed by atoms with Crippen molar-refractivity contribution < 1.29 is 20.1 Å². The van der Waals surface area contributed by atoms with Crippen LogP contribution in [0.3, 0.4) is 0 Å². The van der Waals surface area contributed by atoms with Gasteiger partial charge >= 0.3 is 5.97 Å². The summed E-state index contributed by atoms with van der Waals surface area (Å²) in [5.74, 6) is -1.12. The summed E-state index contributed by atoms with van der Waals surface area (Å²) in [6.07, 6.45) is 0. The third kappa shape index (κ3) is 3.02. The number of benzene rings is 3. The van der Waals surface area contributed by atoms with Crippen LogP contribution in [0.2, 0.25) is 10.0 Å². The number of phenols is 2. The molecule has 140 valence electrons. The van der Waals surface area contributed by atoms with Gasteiger partial charge in [-0.3, -0.25) is 4.57 Å². The van der Waals surface area contributed by atoms with E-state index in [1.807, 2.05) is 0 Å². The fourth-order valence-electron chi connectivity index (χ4n) is 2.98. The number of nitrogens with zero attached hydrogens (tertiary/aromatic N) is 2. The molecule has 1 aromatic heterocycles. The number of halogens is 2. The molecule has 0 spiro atoms. The SMILES string of the molecule is O=C(O)c1ccc(-n2c(-c3cc(Cl)c(O)cc3O)nc3cc(Cl)ccc32)cc1. The molecule has 0 unspecified atom stereocenters. The summed E-state index contributed by atoms with van der Waals surface area (Å²) in [5.41, 5.74) is 2.36. The maximum atomic E-state index is 11.1. The Bertz CT molecular complexity index is 1230. The van der Waals surface area contributed by atoms with Crippen LogP contribution < -0.4 is 0 Å². The van der Waals surface area contributed by atoms with E-state index in [4.69, 9.17) is 28.3 Å². The zero-order chi connectivity index (χ0) is 20.0. The second kappa shape index (κ2) is 6.74. The first-order valence-electron chi connectivity index (χ1n) is 8.09. The van der Waals surface area contributed by atoms with Gasteiger partial charge in [0.2, 0.25) is 0 Å². The van der Waals surface area contributed by atoms with Gasteiger partial charge in [0.1, 0.15) is 17.3 Å². The summed E-state index contributed by atoms with van der Waals surface area (Å²) >= 11 is 12.1. The number of hydrogen-bond donors (Lipinski definition) is 3. The molecule has 0 bridgehead atoms. The summed E-state index contributed by atoms with van der Waals surface area (Å²) < 4.78 is 1.75. The molecule has 6 nitrogen and oxygen atoms in total. The summed E-state index contributed by atoms with van der Waals surface area (Å²) in [5, 5.41) is 29.8. The van der Waals surface area contributed by atoms with Gasteiger partial charge in [-0.2, -0.15) is 0 Å². The van der Waals surface area contributed by atoms with Crippen molar-refractivity contribution in [2.75, 3.05) is 0 Å². The molecule has 4 rings (SSSR count). The lowest BCUT2D eigenvalue weighted by atomic mass is 10.1. The van der Waals surface area contributed by atoms with Gasteiger partial charge in [-0.1, -0.05) is 23.2 Å². The van der Waals surface area contributed by atoms with Gasteiger partial charge in [-0.05, 0) is 48.5 Å². The van der Waals surface area contributed by atoms with E-state index in [1.165, 1.54) is 18.2 Å². The second-order valence-corrected chi connectivity index (χ2v) is 6.92. The Morgan fingerprint density at radius 1 is 0.929 bits per heavy atom. The van der Waals surface area contributed by atoms with Crippen molar-refractivity contribution in [2.45, 2.75) is 0 Å². The lowest BCUT2D eigenvalue weighted by Crippen LogP contribution is -2.00. The van der Waals surface area contributed by atoms with Crippen LogP contribution in [0.25, 0.3) is 28.1 Å². The molecule has 0 fully saturated rings. The lowest BCUT2D eigenvalue weighted by Gasteiger charge is -2.12. The molecule has 0 atom stereocenters. The molecule has 0 aliphatic rings. The molecule has 0 aliphatic carbocycles. The molecule has 4 aromatic rings. The van der Waals surface area contributed by atoms with Gasteiger partial charge in [0.05, 0.1) is 27.2 Å². The van der Waals surface area contributed by atoms with E-state index in [1.54, 1.807) is 34.9 Å². The van der Waals surface area contributed by atoms with E-state index in [0.29, 0.717) is 33.1 Å². The number of phenolic OH excluding ortho intramolecular Hbond substituents is 2. The normalized spacial score (nSPS) is 11.1. The number of hydrogen-bond acceptors (Lipinski definition) is 4. The number of aromatic carboxylic acids is 1.